The van der Waals surface area contributed by atoms with E-state index in [0.717, 1.165) is 29.7 Å². The molecule has 1 aromatic heterocycles. The van der Waals surface area contributed by atoms with Gasteiger partial charge >= 0.3 is 0 Å². The number of aromatic nitrogens is 1. The Labute approximate surface area is 184 Å². The van der Waals surface area contributed by atoms with Crippen LogP contribution in [0.1, 0.15) is 18.4 Å². The van der Waals surface area contributed by atoms with Crippen LogP contribution in [0.25, 0.3) is 11.3 Å². The maximum atomic E-state index is 12.6. The fourth-order valence-corrected chi connectivity index (χ4v) is 5.46. The highest BCUT2D eigenvalue weighted by molar-refractivity contribution is 7.89. The van der Waals surface area contributed by atoms with Gasteiger partial charge in [0.05, 0.1) is 23.9 Å². The summed E-state index contributed by atoms with van der Waals surface area (Å²) in [6.07, 6.45) is 3.42. The number of nitrogens with one attached hydrogen (secondary N) is 1. The lowest BCUT2D eigenvalue weighted by atomic mass is 10.2. The van der Waals surface area contributed by atoms with Crippen molar-refractivity contribution >= 4 is 32.7 Å². The van der Waals surface area contributed by atoms with Crippen molar-refractivity contribution in [3.63, 3.8) is 0 Å². The van der Waals surface area contributed by atoms with E-state index in [1.807, 2.05) is 5.38 Å². The number of hydrogen-bond acceptors (Lipinski definition) is 8. The third kappa shape index (κ3) is 4.71. The van der Waals surface area contributed by atoms with Crippen LogP contribution in [0.5, 0.6) is 11.5 Å². The minimum Gasteiger partial charge on any atom is -0.504 e. The average Bonchev–Trinajstić information content (AvgIpc) is 3.48. The smallest absolute Gasteiger partial charge is 0.243 e. The molecule has 1 saturated heterocycles. The molecule has 4 rings (SSSR count). The third-order valence-corrected chi connectivity index (χ3v) is 7.59. The van der Waals surface area contributed by atoms with Gasteiger partial charge in [-0.1, -0.05) is 12.1 Å². The fourth-order valence-electron chi connectivity index (χ4n) is 3.27. The van der Waals surface area contributed by atoms with Crippen molar-refractivity contribution in [2.75, 3.05) is 25.6 Å². The van der Waals surface area contributed by atoms with E-state index in [9.17, 15) is 13.5 Å². The molecular formula is C21H22N4O4S2. The molecule has 8 nitrogen and oxygen atoms in total. The topological polar surface area (TPSA) is 104 Å². The highest BCUT2D eigenvalue weighted by Gasteiger charge is 2.27. The Morgan fingerprint density at radius 2 is 1.94 bits per heavy atom. The standard InChI is InChI=1S/C21H22N4O4S2/c1-29-20-12-15(4-9-19(20)26)13-22-24-21-23-18(14-30-21)16-5-7-17(8-6-16)31(27,28)25-10-2-3-11-25/h4-9,12-14,26H,2-3,10-11H2,1H3,(H,23,24)/b22-13+. The molecule has 1 aliphatic rings. The van der Waals surface area contributed by atoms with Crippen LogP contribution < -0.4 is 10.2 Å². The van der Waals surface area contributed by atoms with Crippen molar-refractivity contribution in [1.29, 1.82) is 0 Å². The van der Waals surface area contributed by atoms with Gasteiger partial charge in [0.1, 0.15) is 0 Å². The number of phenols is 1. The number of methoxy groups -OCH3 is 1. The lowest BCUT2D eigenvalue weighted by molar-refractivity contribution is 0.373. The minimum atomic E-state index is -3.42. The van der Waals surface area contributed by atoms with Gasteiger partial charge < -0.3 is 9.84 Å². The summed E-state index contributed by atoms with van der Waals surface area (Å²) in [7, 11) is -1.93. The molecule has 2 N–H and O–H groups in total. The van der Waals surface area contributed by atoms with Crippen LogP contribution in [0.3, 0.4) is 0 Å². The van der Waals surface area contributed by atoms with Crippen LogP contribution in [0.4, 0.5) is 5.13 Å². The molecule has 162 valence electrons. The van der Waals surface area contributed by atoms with Gasteiger partial charge in [-0.2, -0.15) is 9.41 Å². The largest absolute Gasteiger partial charge is 0.504 e. The Kier molecular flexibility index (Phi) is 6.21. The number of hydrogen-bond donors (Lipinski definition) is 2. The summed E-state index contributed by atoms with van der Waals surface area (Å²) in [6.45, 7) is 1.17. The zero-order chi connectivity index (χ0) is 21.8. The molecule has 0 bridgehead atoms. The van der Waals surface area contributed by atoms with E-state index in [1.54, 1.807) is 42.6 Å². The van der Waals surface area contributed by atoms with Gasteiger partial charge in [0.15, 0.2) is 11.5 Å². The first-order valence-electron chi connectivity index (χ1n) is 9.69. The quantitative estimate of drug-likeness (QED) is 0.413. The minimum absolute atomic E-state index is 0.0661. The molecule has 3 aromatic rings. The molecule has 0 saturated carbocycles. The highest BCUT2D eigenvalue weighted by atomic mass is 32.2. The van der Waals surface area contributed by atoms with E-state index < -0.39 is 10.0 Å². The second kappa shape index (κ2) is 9.04. The van der Waals surface area contributed by atoms with Gasteiger partial charge in [-0.15, -0.1) is 11.3 Å². The number of thiazole rings is 1. The van der Waals surface area contributed by atoms with Gasteiger partial charge in [-0.25, -0.2) is 13.4 Å². The molecule has 2 aromatic carbocycles. The number of nitrogens with zero attached hydrogens (tertiary/aromatic N) is 3. The Hall–Kier alpha value is -2.95. The molecule has 0 unspecified atom stereocenters. The first-order valence-corrected chi connectivity index (χ1v) is 12.0. The van der Waals surface area contributed by atoms with Crippen molar-refractivity contribution in [1.82, 2.24) is 9.29 Å². The van der Waals surface area contributed by atoms with E-state index >= 15 is 0 Å². The lowest BCUT2D eigenvalue weighted by Gasteiger charge is -2.15. The van der Waals surface area contributed by atoms with E-state index in [4.69, 9.17) is 4.74 Å². The normalized spacial score (nSPS) is 14.9. The predicted octanol–water partition coefficient (Wildman–Crippen LogP) is 3.75. The summed E-state index contributed by atoms with van der Waals surface area (Å²) in [5.74, 6) is 0.437. The van der Waals surface area contributed by atoms with Crippen LogP contribution in [0.2, 0.25) is 0 Å². The van der Waals surface area contributed by atoms with Gasteiger partial charge in [-0.05, 0) is 48.7 Å². The molecule has 0 atom stereocenters. The molecule has 0 radical (unpaired) electrons. The second-order valence-electron chi connectivity index (χ2n) is 6.97. The molecule has 10 heteroatoms. The molecule has 1 aliphatic heterocycles. The SMILES string of the molecule is COc1cc(/C=N/Nc2nc(-c3ccc(S(=O)(=O)N4CCCC4)cc3)cs2)ccc1O. The maximum Gasteiger partial charge on any atom is 0.243 e. The Bertz CT molecular complexity index is 1180. The molecule has 0 aliphatic carbocycles. The van der Waals surface area contributed by atoms with Gasteiger partial charge in [-0.3, -0.25) is 5.43 Å². The first-order chi connectivity index (χ1) is 15.0. The maximum absolute atomic E-state index is 12.6. The van der Waals surface area contributed by atoms with Crippen LogP contribution in [0, 0.1) is 0 Å². The van der Waals surface area contributed by atoms with Crippen molar-refractivity contribution in [2.45, 2.75) is 17.7 Å². The first kappa shape index (κ1) is 21.3. The van der Waals surface area contributed by atoms with Crippen LogP contribution in [-0.4, -0.2) is 49.2 Å². The zero-order valence-corrected chi connectivity index (χ0v) is 18.5. The number of anilines is 1. The second-order valence-corrected chi connectivity index (χ2v) is 9.77. The Morgan fingerprint density at radius 1 is 1.19 bits per heavy atom. The molecule has 1 fully saturated rings. The molecular weight excluding hydrogens is 436 g/mol. The fraction of sp³-hybridized carbons (Fsp3) is 0.238. The van der Waals surface area contributed by atoms with Crippen LogP contribution >= 0.6 is 11.3 Å². The molecule has 2 heterocycles. The third-order valence-electron chi connectivity index (χ3n) is 4.93. The summed E-state index contributed by atoms with van der Waals surface area (Å²) < 4.78 is 31.9. The van der Waals surface area contributed by atoms with E-state index in [2.05, 4.69) is 15.5 Å². The molecule has 31 heavy (non-hydrogen) atoms. The number of sulfonamides is 1. The molecule has 0 spiro atoms. The van der Waals surface area contributed by atoms with Gasteiger partial charge in [0.25, 0.3) is 0 Å². The van der Waals surface area contributed by atoms with Crippen molar-refractivity contribution in [2.24, 2.45) is 5.10 Å². The molecule has 0 amide bonds. The Morgan fingerprint density at radius 3 is 2.65 bits per heavy atom. The van der Waals surface area contributed by atoms with Crippen LogP contribution in [-0.2, 0) is 10.0 Å². The number of rotatable bonds is 7. The summed E-state index contributed by atoms with van der Waals surface area (Å²) in [6, 6.07) is 11.7. The van der Waals surface area contributed by atoms with E-state index in [1.165, 1.54) is 28.8 Å². The highest BCUT2D eigenvalue weighted by Crippen LogP contribution is 2.28. The van der Waals surface area contributed by atoms with E-state index in [-0.39, 0.29) is 5.75 Å². The number of phenolic OH excluding ortho intramolecular Hbond substituents is 1. The number of ether oxygens (including phenoxy) is 1. The number of aromatic hydroxyl groups is 1. The zero-order valence-electron chi connectivity index (χ0n) is 16.9. The lowest BCUT2D eigenvalue weighted by Crippen LogP contribution is -2.27. The predicted molar refractivity (Wildman–Crippen MR) is 121 cm³/mol. The monoisotopic (exact) mass is 458 g/mol. The summed E-state index contributed by atoms with van der Waals surface area (Å²) in [5, 5.41) is 16.3. The summed E-state index contributed by atoms with van der Waals surface area (Å²) in [4.78, 5) is 4.80. The van der Waals surface area contributed by atoms with Gasteiger partial charge in [0.2, 0.25) is 15.2 Å². The van der Waals surface area contributed by atoms with Gasteiger partial charge in [0, 0.05) is 24.0 Å². The summed E-state index contributed by atoms with van der Waals surface area (Å²) >= 11 is 1.39. The van der Waals surface area contributed by atoms with E-state index in [0.29, 0.717) is 28.9 Å². The van der Waals surface area contributed by atoms with Crippen molar-refractivity contribution in [3.8, 4) is 22.8 Å². The summed E-state index contributed by atoms with van der Waals surface area (Å²) in [5.41, 5.74) is 5.20. The average molecular weight is 459 g/mol. The Balaban J connectivity index is 1.43. The van der Waals surface area contributed by atoms with Crippen molar-refractivity contribution < 1.29 is 18.3 Å². The van der Waals surface area contributed by atoms with Crippen molar-refractivity contribution in [3.05, 3.63) is 53.4 Å². The number of benzene rings is 2. The number of hydrazone groups is 1. The van der Waals surface area contributed by atoms with Crippen LogP contribution in [0.15, 0.2) is 57.8 Å².